The highest BCUT2D eigenvalue weighted by atomic mass is 127. The molecule has 10 heteroatoms. The largest absolute Gasteiger partial charge is 0.357 e. The predicted molar refractivity (Wildman–Crippen MR) is 128 cm³/mol. The molecule has 0 aliphatic carbocycles. The number of carbonyl (C=O) groups excluding carboxylic acids is 1. The van der Waals surface area contributed by atoms with Gasteiger partial charge >= 0.3 is 0 Å². The van der Waals surface area contributed by atoms with E-state index in [1.807, 2.05) is 6.92 Å². The highest BCUT2D eigenvalue weighted by Crippen LogP contribution is 2.10. The van der Waals surface area contributed by atoms with E-state index in [4.69, 9.17) is 0 Å². The topological polar surface area (TPSA) is 99.7 Å². The first-order valence-electron chi connectivity index (χ1n) is 9.14. The van der Waals surface area contributed by atoms with Gasteiger partial charge in [-0.05, 0) is 55.3 Å². The van der Waals surface area contributed by atoms with Gasteiger partial charge in [0.1, 0.15) is 12.4 Å². The zero-order valence-corrected chi connectivity index (χ0v) is 20.0. The minimum atomic E-state index is -3.20. The number of rotatable bonds is 8. The lowest BCUT2D eigenvalue weighted by Crippen LogP contribution is -2.39. The highest BCUT2D eigenvalue weighted by Gasteiger charge is 2.07. The van der Waals surface area contributed by atoms with Crippen LogP contribution in [0.2, 0.25) is 0 Å². The van der Waals surface area contributed by atoms with Gasteiger partial charge in [-0.2, -0.15) is 0 Å². The lowest BCUT2D eigenvalue weighted by Gasteiger charge is -2.11. The van der Waals surface area contributed by atoms with Crippen LogP contribution in [0.5, 0.6) is 0 Å². The summed E-state index contributed by atoms with van der Waals surface area (Å²) in [6.07, 6.45) is 1.84. The van der Waals surface area contributed by atoms with E-state index in [0.717, 1.165) is 5.56 Å². The van der Waals surface area contributed by atoms with Crippen LogP contribution in [0.25, 0.3) is 0 Å². The Morgan fingerprint density at radius 1 is 1.03 bits per heavy atom. The van der Waals surface area contributed by atoms with Gasteiger partial charge in [0.05, 0.1) is 4.90 Å². The molecular formula is C20H26FIN4O3S. The number of carbonyl (C=O) groups is 1. The minimum Gasteiger partial charge on any atom is -0.357 e. The maximum atomic E-state index is 12.9. The van der Waals surface area contributed by atoms with Gasteiger partial charge in [0.15, 0.2) is 15.8 Å². The Balaban J connectivity index is 0.00000450. The van der Waals surface area contributed by atoms with Crippen LogP contribution in [0.1, 0.15) is 12.5 Å². The molecule has 0 spiro atoms. The first-order chi connectivity index (χ1) is 13.8. The molecule has 0 heterocycles. The van der Waals surface area contributed by atoms with Crippen LogP contribution in [0.3, 0.4) is 0 Å². The average Bonchev–Trinajstić information content (AvgIpc) is 2.67. The SMILES string of the molecule is CCNC(=NCC(=O)Nc1ccc(F)cc1)NCCc1ccc(S(C)(=O)=O)cc1.I. The third-order valence-electron chi connectivity index (χ3n) is 3.91. The van der Waals surface area contributed by atoms with Crippen LogP contribution in [0.15, 0.2) is 58.4 Å². The van der Waals surface area contributed by atoms with E-state index in [0.29, 0.717) is 31.2 Å². The van der Waals surface area contributed by atoms with Crippen LogP contribution in [-0.4, -0.2) is 46.2 Å². The zero-order valence-electron chi connectivity index (χ0n) is 16.8. The fraction of sp³-hybridized carbons (Fsp3) is 0.300. The third-order valence-corrected chi connectivity index (χ3v) is 5.04. The molecule has 2 aromatic rings. The van der Waals surface area contributed by atoms with Crippen LogP contribution >= 0.6 is 24.0 Å². The second kappa shape index (κ2) is 12.5. The van der Waals surface area contributed by atoms with Gasteiger partial charge in [0.25, 0.3) is 0 Å². The van der Waals surface area contributed by atoms with Gasteiger partial charge in [-0.1, -0.05) is 12.1 Å². The molecule has 0 aromatic heterocycles. The number of guanidine groups is 1. The van der Waals surface area contributed by atoms with Crippen LogP contribution in [-0.2, 0) is 21.1 Å². The molecule has 2 aromatic carbocycles. The molecule has 0 aliphatic heterocycles. The second-order valence-corrected chi connectivity index (χ2v) is 8.36. The number of nitrogens with one attached hydrogen (secondary N) is 3. The standard InChI is InChI=1S/C20H25FN4O3S.HI/c1-3-22-20(24-14-19(26)25-17-8-6-16(21)7-9-17)23-13-12-15-4-10-18(11-5-15)29(2,27)28;/h4-11H,3,12-14H2,1-2H3,(H,25,26)(H2,22,23,24);1H. The molecule has 0 atom stereocenters. The molecule has 0 fully saturated rings. The molecule has 30 heavy (non-hydrogen) atoms. The van der Waals surface area contributed by atoms with E-state index in [9.17, 15) is 17.6 Å². The average molecular weight is 548 g/mol. The van der Waals surface area contributed by atoms with E-state index < -0.39 is 9.84 Å². The summed E-state index contributed by atoms with van der Waals surface area (Å²) in [6.45, 7) is 3.02. The number of halogens is 2. The molecule has 0 aliphatic rings. The third kappa shape index (κ3) is 9.08. The number of sulfone groups is 1. The summed E-state index contributed by atoms with van der Waals surface area (Å²) in [6, 6.07) is 12.2. The van der Waals surface area contributed by atoms with Crippen molar-refractivity contribution in [3.05, 3.63) is 59.9 Å². The van der Waals surface area contributed by atoms with Gasteiger partial charge in [-0.3, -0.25) is 4.79 Å². The lowest BCUT2D eigenvalue weighted by molar-refractivity contribution is -0.114. The van der Waals surface area contributed by atoms with E-state index in [-0.39, 0.29) is 47.1 Å². The van der Waals surface area contributed by atoms with Gasteiger partial charge < -0.3 is 16.0 Å². The van der Waals surface area contributed by atoms with Crippen LogP contribution in [0.4, 0.5) is 10.1 Å². The fourth-order valence-electron chi connectivity index (χ4n) is 2.45. The Bertz CT molecular complexity index is 949. The monoisotopic (exact) mass is 548 g/mol. The number of hydrogen-bond donors (Lipinski definition) is 3. The Kier molecular flexibility index (Phi) is 10.7. The van der Waals surface area contributed by atoms with Crippen LogP contribution < -0.4 is 16.0 Å². The highest BCUT2D eigenvalue weighted by molar-refractivity contribution is 14.0. The molecule has 7 nitrogen and oxygen atoms in total. The van der Waals surface area contributed by atoms with Crippen molar-refractivity contribution in [3.8, 4) is 0 Å². The van der Waals surface area contributed by atoms with Gasteiger partial charge in [-0.25, -0.2) is 17.8 Å². The molecule has 0 saturated carbocycles. The Morgan fingerprint density at radius 2 is 1.67 bits per heavy atom. The Morgan fingerprint density at radius 3 is 2.23 bits per heavy atom. The summed E-state index contributed by atoms with van der Waals surface area (Å²) in [5.41, 5.74) is 1.48. The number of anilines is 1. The number of nitrogens with zero attached hydrogens (tertiary/aromatic N) is 1. The van der Waals surface area contributed by atoms with Crippen molar-refractivity contribution in [3.63, 3.8) is 0 Å². The maximum absolute atomic E-state index is 12.9. The first kappa shape index (κ1) is 25.8. The van der Waals surface area contributed by atoms with E-state index >= 15 is 0 Å². The molecule has 0 unspecified atom stereocenters. The number of benzene rings is 2. The summed E-state index contributed by atoms with van der Waals surface area (Å²) in [5.74, 6) is -0.190. The lowest BCUT2D eigenvalue weighted by atomic mass is 10.1. The molecule has 0 radical (unpaired) electrons. The Labute approximate surface area is 193 Å². The summed E-state index contributed by atoms with van der Waals surface area (Å²) in [5, 5.41) is 8.83. The number of aliphatic imine (C=N–C) groups is 1. The zero-order chi connectivity index (χ0) is 21.3. The van der Waals surface area contributed by atoms with E-state index in [2.05, 4.69) is 20.9 Å². The smallest absolute Gasteiger partial charge is 0.246 e. The normalized spacial score (nSPS) is 11.4. The molecule has 1 amide bonds. The minimum absolute atomic E-state index is 0. The van der Waals surface area contributed by atoms with Crippen molar-refractivity contribution in [2.24, 2.45) is 4.99 Å². The summed E-state index contributed by atoms with van der Waals surface area (Å²) in [7, 11) is -3.20. The fourth-order valence-corrected chi connectivity index (χ4v) is 3.09. The van der Waals surface area contributed by atoms with Gasteiger partial charge in [0, 0.05) is 25.0 Å². The molecule has 0 bridgehead atoms. The maximum Gasteiger partial charge on any atom is 0.246 e. The number of amides is 1. The summed E-state index contributed by atoms with van der Waals surface area (Å²) < 4.78 is 35.9. The molecule has 2 rings (SSSR count). The molecule has 3 N–H and O–H groups in total. The van der Waals surface area contributed by atoms with E-state index in [1.54, 1.807) is 24.3 Å². The first-order valence-corrected chi connectivity index (χ1v) is 11.0. The van der Waals surface area contributed by atoms with Gasteiger partial charge in [-0.15, -0.1) is 24.0 Å². The van der Waals surface area contributed by atoms with Crippen LogP contribution in [0, 0.1) is 5.82 Å². The van der Waals surface area contributed by atoms with Gasteiger partial charge in [0.2, 0.25) is 5.91 Å². The van der Waals surface area contributed by atoms with Crippen molar-refractivity contribution in [1.29, 1.82) is 0 Å². The quantitative estimate of drug-likeness (QED) is 0.268. The molecule has 164 valence electrons. The number of hydrogen-bond acceptors (Lipinski definition) is 4. The van der Waals surface area contributed by atoms with Crippen molar-refractivity contribution in [2.75, 3.05) is 31.2 Å². The Hall–Kier alpha value is -2.21. The molecule has 0 saturated heterocycles. The van der Waals surface area contributed by atoms with Crippen molar-refractivity contribution < 1.29 is 17.6 Å². The van der Waals surface area contributed by atoms with Crippen molar-refractivity contribution >= 4 is 51.4 Å². The van der Waals surface area contributed by atoms with Crippen molar-refractivity contribution in [2.45, 2.75) is 18.2 Å². The predicted octanol–water partition coefficient (Wildman–Crippen LogP) is 2.58. The van der Waals surface area contributed by atoms with Crippen molar-refractivity contribution in [1.82, 2.24) is 10.6 Å². The second-order valence-electron chi connectivity index (χ2n) is 6.34. The summed E-state index contributed by atoms with van der Waals surface area (Å²) >= 11 is 0. The van der Waals surface area contributed by atoms with E-state index in [1.165, 1.54) is 30.5 Å². The summed E-state index contributed by atoms with van der Waals surface area (Å²) in [4.78, 5) is 16.5. The molecular weight excluding hydrogens is 522 g/mol.